The third-order valence-electron chi connectivity index (χ3n) is 3.40. The molecule has 0 aliphatic carbocycles. The smallest absolute Gasteiger partial charge is 0.320 e. The van der Waals surface area contributed by atoms with E-state index in [1.54, 1.807) is 13.3 Å². The lowest BCUT2D eigenvalue weighted by Gasteiger charge is -2.24. The van der Waals surface area contributed by atoms with Crippen molar-refractivity contribution in [1.82, 2.24) is 10.3 Å². The lowest BCUT2D eigenvalue weighted by atomic mass is 9.88. The highest BCUT2D eigenvalue weighted by Gasteiger charge is 2.23. The van der Waals surface area contributed by atoms with Gasteiger partial charge < -0.3 is 9.84 Å². The third kappa shape index (κ3) is 6.12. The molecule has 0 bridgehead atoms. The van der Waals surface area contributed by atoms with Gasteiger partial charge in [0.1, 0.15) is 6.04 Å². The SMILES string of the molecule is COc1cc([C@H](C)NC(CCC(C)(C)C)C(=O)O)ccn1. The number of hydrogen-bond acceptors (Lipinski definition) is 4. The molecule has 0 amide bonds. The van der Waals surface area contributed by atoms with Crippen LogP contribution < -0.4 is 10.1 Å². The number of carbonyl (C=O) groups is 1. The van der Waals surface area contributed by atoms with Crippen LogP contribution in [-0.4, -0.2) is 29.2 Å². The second kappa shape index (κ2) is 7.41. The molecule has 0 aromatic carbocycles. The second-order valence-corrected chi connectivity index (χ2v) is 6.51. The maximum atomic E-state index is 11.4. The van der Waals surface area contributed by atoms with Crippen molar-refractivity contribution in [2.45, 2.75) is 52.6 Å². The van der Waals surface area contributed by atoms with Crippen molar-refractivity contribution < 1.29 is 14.6 Å². The summed E-state index contributed by atoms with van der Waals surface area (Å²) in [7, 11) is 1.56. The fraction of sp³-hybridized carbons (Fsp3) is 0.625. The Morgan fingerprint density at radius 3 is 2.67 bits per heavy atom. The summed E-state index contributed by atoms with van der Waals surface area (Å²) in [6.45, 7) is 8.29. The van der Waals surface area contributed by atoms with E-state index in [1.165, 1.54) is 0 Å². The van der Waals surface area contributed by atoms with Gasteiger partial charge >= 0.3 is 5.97 Å². The summed E-state index contributed by atoms with van der Waals surface area (Å²) in [6.07, 6.45) is 3.12. The Kier molecular flexibility index (Phi) is 6.15. The Morgan fingerprint density at radius 2 is 2.14 bits per heavy atom. The molecule has 21 heavy (non-hydrogen) atoms. The highest BCUT2D eigenvalue weighted by Crippen LogP contribution is 2.23. The number of ether oxygens (including phenoxy) is 1. The molecule has 0 saturated carbocycles. The normalized spacial score (nSPS) is 14.5. The molecule has 1 aromatic rings. The monoisotopic (exact) mass is 294 g/mol. The van der Waals surface area contributed by atoms with Crippen LogP contribution in [0.5, 0.6) is 5.88 Å². The van der Waals surface area contributed by atoms with Crippen molar-refractivity contribution in [2.24, 2.45) is 5.41 Å². The van der Waals surface area contributed by atoms with Gasteiger partial charge in [-0.3, -0.25) is 10.1 Å². The second-order valence-electron chi connectivity index (χ2n) is 6.51. The Hall–Kier alpha value is -1.62. The number of aliphatic carboxylic acids is 1. The van der Waals surface area contributed by atoms with Gasteiger partial charge in [-0.1, -0.05) is 20.8 Å². The molecule has 5 nitrogen and oxygen atoms in total. The molecule has 0 saturated heterocycles. The number of nitrogens with zero attached hydrogens (tertiary/aromatic N) is 1. The van der Waals surface area contributed by atoms with E-state index in [9.17, 15) is 9.90 Å². The highest BCUT2D eigenvalue weighted by molar-refractivity contribution is 5.73. The molecule has 1 aromatic heterocycles. The van der Waals surface area contributed by atoms with E-state index in [-0.39, 0.29) is 11.5 Å². The van der Waals surface area contributed by atoms with Gasteiger partial charge in [-0.2, -0.15) is 0 Å². The number of methoxy groups -OCH3 is 1. The first-order valence-electron chi connectivity index (χ1n) is 7.22. The topological polar surface area (TPSA) is 71.5 Å². The summed E-state index contributed by atoms with van der Waals surface area (Å²) in [5, 5.41) is 12.5. The molecule has 1 rings (SSSR count). The van der Waals surface area contributed by atoms with Crippen molar-refractivity contribution in [3.8, 4) is 5.88 Å². The molecule has 0 aliphatic rings. The maximum absolute atomic E-state index is 11.4. The van der Waals surface area contributed by atoms with Crippen LogP contribution >= 0.6 is 0 Å². The molecule has 118 valence electrons. The van der Waals surface area contributed by atoms with Gasteiger partial charge in [0.2, 0.25) is 5.88 Å². The average molecular weight is 294 g/mol. The van der Waals surface area contributed by atoms with Crippen LogP contribution in [0.3, 0.4) is 0 Å². The van der Waals surface area contributed by atoms with Crippen LogP contribution in [0.2, 0.25) is 0 Å². The molecule has 0 spiro atoms. The first-order chi connectivity index (χ1) is 9.73. The Bertz CT molecular complexity index is 469. The zero-order valence-corrected chi connectivity index (χ0v) is 13.5. The molecule has 1 heterocycles. The molecule has 0 aliphatic heterocycles. The molecule has 0 radical (unpaired) electrons. The summed E-state index contributed by atoms with van der Waals surface area (Å²) in [6, 6.07) is 3.05. The fourth-order valence-corrected chi connectivity index (χ4v) is 2.06. The lowest BCUT2D eigenvalue weighted by molar-refractivity contribution is -0.140. The van der Waals surface area contributed by atoms with Gasteiger partial charge in [-0.25, -0.2) is 4.98 Å². The van der Waals surface area contributed by atoms with E-state index in [0.29, 0.717) is 12.3 Å². The predicted octanol–water partition coefficient (Wildman–Crippen LogP) is 3.02. The molecule has 5 heteroatoms. The van der Waals surface area contributed by atoms with E-state index in [2.05, 4.69) is 31.1 Å². The van der Waals surface area contributed by atoms with Crippen LogP contribution in [0.25, 0.3) is 0 Å². The van der Waals surface area contributed by atoms with Gasteiger partial charge in [-0.15, -0.1) is 0 Å². The van der Waals surface area contributed by atoms with Gasteiger partial charge in [0.15, 0.2) is 0 Å². The van der Waals surface area contributed by atoms with Gasteiger partial charge in [0, 0.05) is 18.3 Å². The highest BCUT2D eigenvalue weighted by atomic mass is 16.5. The standard InChI is InChI=1S/C16H26N2O3/c1-11(12-7-9-17-14(10-12)21-5)18-13(15(19)20)6-8-16(2,3)4/h7,9-11,13,18H,6,8H2,1-5H3,(H,19,20)/t11-,13?/m0/s1. The van der Waals surface area contributed by atoms with E-state index in [1.807, 2.05) is 19.1 Å². The number of nitrogens with one attached hydrogen (secondary N) is 1. The summed E-state index contributed by atoms with van der Waals surface area (Å²) < 4.78 is 5.09. The van der Waals surface area contributed by atoms with Crippen molar-refractivity contribution >= 4 is 5.97 Å². The Labute approximate surface area is 126 Å². The molecular weight excluding hydrogens is 268 g/mol. The minimum Gasteiger partial charge on any atom is -0.481 e. The Morgan fingerprint density at radius 1 is 1.48 bits per heavy atom. The van der Waals surface area contributed by atoms with Gasteiger partial charge in [0.25, 0.3) is 0 Å². The number of carboxylic acid groups (broad SMARTS) is 1. The van der Waals surface area contributed by atoms with E-state index in [0.717, 1.165) is 12.0 Å². The maximum Gasteiger partial charge on any atom is 0.320 e. The summed E-state index contributed by atoms with van der Waals surface area (Å²) in [5.41, 5.74) is 1.09. The largest absolute Gasteiger partial charge is 0.481 e. The molecular formula is C16H26N2O3. The quantitative estimate of drug-likeness (QED) is 0.809. The van der Waals surface area contributed by atoms with Gasteiger partial charge in [-0.05, 0) is 36.8 Å². The molecule has 2 N–H and O–H groups in total. The van der Waals surface area contributed by atoms with Crippen molar-refractivity contribution in [1.29, 1.82) is 0 Å². The third-order valence-corrected chi connectivity index (χ3v) is 3.40. The minimum absolute atomic E-state index is 0.0806. The summed E-state index contributed by atoms with van der Waals surface area (Å²) in [5.74, 6) is -0.283. The van der Waals surface area contributed by atoms with Crippen molar-refractivity contribution in [2.75, 3.05) is 7.11 Å². The average Bonchev–Trinajstić information content (AvgIpc) is 2.41. The van der Waals surface area contributed by atoms with Crippen LogP contribution in [0.4, 0.5) is 0 Å². The van der Waals surface area contributed by atoms with E-state index >= 15 is 0 Å². The zero-order valence-electron chi connectivity index (χ0n) is 13.5. The fourth-order valence-electron chi connectivity index (χ4n) is 2.06. The molecule has 1 unspecified atom stereocenters. The van der Waals surface area contributed by atoms with Crippen molar-refractivity contribution in [3.05, 3.63) is 23.9 Å². The predicted molar refractivity (Wildman–Crippen MR) is 82.5 cm³/mol. The Balaban J connectivity index is 2.71. The van der Waals surface area contributed by atoms with Gasteiger partial charge in [0.05, 0.1) is 7.11 Å². The van der Waals surface area contributed by atoms with Crippen LogP contribution in [0.15, 0.2) is 18.3 Å². The minimum atomic E-state index is -0.813. The van der Waals surface area contributed by atoms with E-state index in [4.69, 9.17) is 4.74 Å². The zero-order chi connectivity index (χ0) is 16.0. The number of hydrogen-bond donors (Lipinski definition) is 2. The number of carboxylic acids is 1. The number of aromatic nitrogens is 1. The summed E-state index contributed by atoms with van der Waals surface area (Å²) >= 11 is 0. The van der Waals surface area contributed by atoms with E-state index < -0.39 is 12.0 Å². The molecule has 0 fully saturated rings. The van der Waals surface area contributed by atoms with Crippen LogP contribution in [-0.2, 0) is 4.79 Å². The first kappa shape index (κ1) is 17.4. The van der Waals surface area contributed by atoms with Crippen LogP contribution in [0.1, 0.15) is 52.1 Å². The molecule has 2 atom stereocenters. The number of pyridine rings is 1. The first-order valence-corrected chi connectivity index (χ1v) is 7.22. The number of rotatable bonds is 7. The summed E-state index contributed by atoms with van der Waals surface area (Å²) in [4.78, 5) is 15.5. The van der Waals surface area contributed by atoms with Crippen molar-refractivity contribution in [3.63, 3.8) is 0 Å². The lowest BCUT2D eigenvalue weighted by Crippen LogP contribution is -2.39. The van der Waals surface area contributed by atoms with Crippen LogP contribution in [0, 0.1) is 5.41 Å².